The van der Waals surface area contributed by atoms with Crippen molar-refractivity contribution in [3.63, 3.8) is 0 Å². The van der Waals surface area contributed by atoms with Crippen molar-refractivity contribution in [1.29, 1.82) is 0 Å². The van der Waals surface area contributed by atoms with Gasteiger partial charge in [0.25, 0.3) is 0 Å². The third-order valence-electron chi connectivity index (χ3n) is 6.89. The molecule has 4 rings (SSSR count). The van der Waals surface area contributed by atoms with E-state index in [2.05, 4.69) is 41.6 Å². The van der Waals surface area contributed by atoms with Gasteiger partial charge >= 0.3 is 5.97 Å². The number of hydrogen-bond donors (Lipinski definition) is 1. The van der Waals surface area contributed by atoms with Crippen LogP contribution < -0.4 is 14.8 Å². The van der Waals surface area contributed by atoms with Gasteiger partial charge in [-0.2, -0.15) is 4.68 Å². The molecule has 1 saturated carbocycles. The third-order valence-corrected chi connectivity index (χ3v) is 6.89. The SMILES string of the molecule is COc1ccc(OC)c([C@@H]2C(C(=O)O[C@@H]3C[C@H](C)CC[C@H]3C(C)C)=C(C)Nc3nnnn32)c1. The summed E-state index contributed by atoms with van der Waals surface area (Å²) in [5, 5.41) is 15.2. The van der Waals surface area contributed by atoms with E-state index in [-0.39, 0.29) is 12.1 Å². The zero-order chi connectivity index (χ0) is 23.7. The van der Waals surface area contributed by atoms with E-state index in [0.717, 1.165) is 24.8 Å². The molecule has 0 amide bonds. The number of esters is 1. The van der Waals surface area contributed by atoms with Gasteiger partial charge in [0.1, 0.15) is 23.6 Å². The normalized spacial score (nSPS) is 24.8. The molecule has 1 aliphatic heterocycles. The highest BCUT2D eigenvalue weighted by Gasteiger charge is 2.40. The van der Waals surface area contributed by atoms with Gasteiger partial charge in [0.15, 0.2) is 0 Å². The first kappa shape index (κ1) is 23.1. The lowest BCUT2D eigenvalue weighted by Crippen LogP contribution is -2.38. The van der Waals surface area contributed by atoms with Gasteiger partial charge in [-0.3, -0.25) is 0 Å². The van der Waals surface area contributed by atoms with Crippen molar-refractivity contribution in [3.8, 4) is 11.5 Å². The maximum absolute atomic E-state index is 13.7. The van der Waals surface area contributed by atoms with Crippen LogP contribution in [0.15, 0.2) is 29.5 Å². The quantitative estimate of drug-likeness (QED) is 0.653. The highest BCUT2D eigenvalue weighted by molar-refractivity contribution is 5.92. The van der Waals surface area contributed by atoms with Crippen molar-refractivity contribution < 1.29 is 19.0 Å². The molecule has 0 radical (unpaired) electrons. The molecule has 33 heavy (non-hydrogen) atoms. The van der Waals surface area contributed by atoms with Crippen molar-refractivity contribution in [3.05, 3.63) is 35.0 Å². The summed E-state index contributed by atoms with van der Waals surface area (Å²) in [5.74, 6) is 2.65. The minimum atomic E-state index is -0.618. The highest BCUT2D eigenvalue weighted by atomic mass is 16.5. The second kappa shape index (κ2) is 9.41. The van der Waals surface area contributed by atoms with Crippen LogP contribution in [0.25, 0.3) is 0 Å². The maximum atomic E-state index is 13.7. The number of ether oxygens (including phenoxy) is 3. The molecule has 178 valence electrons. The number of fused-ring (bicyclic) bond motifs is 1. The van der Waals surface area contributed by atoms with Crippen molar-refractivity contribution in [2.45, 2.75) is 59.1 Å². The van der Waals surface area contributed by atoms with Crippen LogP contribution in [0.2, 0.25) is 0 Å². The standard InChI is InChI=1S/C24H33N5O4/c1-13(2)17-9-7-14(3)11-20(17)33-23(30)21-15(4)25-24-26-27-28-29(24)22(21)18-12-16(31-5)8-10-19(18)32-6/h8,10,12-14,17,20,22H,7,9,11H2,1-6H3,(H,25,26,28)/t14-,17+,20-,22-/m1/s1. The first-order chi connectivity index (χ1) is 15.8. The number of aromatic nitrogens is 4. The van der Waals surface area contributed by atoms with Crippen molar-refractivity contribution in [2.24, 2.45) is 17.8 Å². The van der Waals surface area contributed by atoms with Crippen LogP contribution in [0.4, 0.5) is 5.95 Å². The molecular weight excluding hydrogens is 422 g/mol. The average Bonchev–Trinajstić information content (AvgIpc) is 3.25. The van der Waals surface area contributed by atoms with Crippen LogP contribution in [0.1, 0.15) is 58.6 Å². The number of rotatable bonds is 6. The first-order valence-electron chi connectivity index (χ1n) is 11.5. The van der Waals surface area contributed by atoms with Gasteiger partial charge in [-0.1, -0.05) is 32.3 Å². The Kier molecular flexibility index (Phi) is 6.58. The van der Waals surface area contributed by atoms with Gasteiger partial charge in [0, 0.05) is 11.3 Å². The lowest BCUT2D eigenvalue weighted by Gasteiger charge is -2.37. The molecule has 2 heterocycles. The number of carbonyl (C=O) groups excluding carboxylic acids is 1. The topological polar surface area (TPSA) is 100 Å². The van der Waals surface area contributed by atoms with E-state index in [1.54, 1.807) is 18.9 Å². The Bertz CT molecular complexity index is 1050. The summed E-state index contributed by atoms with van der Waals surface area (Å²) >= 11 is 0. The Morgan fingerprint density at radius 3 is 2.70 bits per heavy atom. The number of allylic oxidation sites excluding steroid dienone is 1. The van der Waals surface area contributed by atoms with E-state index in [9.17, 15) is 4.79 Å². The van der Waals surface area contributed by atoms with Gasteiger partial charge < -0.3 is 19.5 Å². The lowest BCUT2D eigenvalue weighted by molar-refractivity contribution is -0.151. The van der Waals surface area contributed by atoms with Crippen LogP contribution in [0.3, 0.4) is 0 Å². The minimum Gasteiger partial charge on any atom is -0.497 e. The fourth-order valence-electron chi connectivity index (χ4n) is 5.07. The average molecular weight is 456 g/mol. The molecular formula is C24H33N5O4. The van der Waals surface area contributed by atoms with E-state index >= 15 is 0 Å². The summed E-state index contributed by atoms with van der Waals surface area (Å²) in [4.78, 5) is 13.7. The van der Waals surface area contributed by atoms with E-state index in [4.69, 9.17) is 14.2 Å². The van der Waals surface area contributed by atoms with Crippen molar-refractivity contribution in [1.82, 2.24) is 20.2 Å². The molecule has 1 N–H and O–H groups in total. The fourth-order valence-corrected chi connectivity index (χ4v) is 5.07. The van der Waals surface area contributed by atoms with Crippen LogP contribution in [-0.4, -0.2) is 46.5 Å². The number of anilines is 1. The molecule has 0 unspecified atom stereocenters. The number of tetrazole rings is 1. The monoisotopic (exact) mass is 455 g/mol. The largest absolute Gasteiger partial charge is 0.497 e. The molecule has 2 aliphatic rings. The first-order valence-corrected chi connectivity index (χ1v) is 11.5. The Hall–Kier alpha value is -3.10. The number of hydrogen-bond acceptors (Lipinski definition) is 8. The van der Waals surface area contributed by atoms with Crippen molar-refractivity contribution in [2.75, 3.05) is 19.5 Å². The van der Waals surface area contributed by atoms with Gasteiger partial charge in [0.2, 0.25) is 5.95 Å². The van der Waals surface area contributed by atoms with Gasteiger partial charge in [0.05, 0.1) is 19.8 Å². The predicted molar refractivity (Wildman–Crippen MR) is 123 cm³/mol. The Morgan fingerprint density at radius 2 is 2.00 bits per heavy atom. The van der Waals surface area contributed by atoms with Gasteiger partial charge in [-0.25, -0.2) is 4.79 Å². The van der Waals surface area contributed by atoms with Crippen molar-refractivity contribution >= 4 is 11.9 Å². The molecule has 0 saturated heterocycles. The number of nitrogens with zero attached hydrogens (tertiary/aromatic N) is 4. The van der Waals surface area contributed by atoms with E-state index in [1.165, 1.54) is 0 Å². The summed E-state index contributed by atoms with van der Waals surface area (Å²) in [6, 6.07) is 4.86. The summed E-state index contributed by atoms with van der Waals surface area (Å²) in [6.07, 6.45) is 2.98. The smallest absolute Gasteiger partial charge is 0.338 e. The molecule has 1 aromatic heterocycles. The maximum Gasteiger partial charge on any atom is 0.338 e. The summed E-state index contributed by atoms with van der Waals surface area (Å²) in [5.41, 5.74) is 1.83. The Balaban J connectivity index is 1.75. The molecule has 9 heteroatoms. The molecule has 1 aliphatic carbocycles. The number of methoxy groups -OCH3 is 2. The summed E-state index contributed by atoms with van der Waals surface area (Å²) < 4.78 is 18.9. The zero-order valence-electron chi connectivity index (χ0n) is 20.2. The Morgan fingerprint density at radius 1 is 1.21 bits per heavy atom. The van der Waals surface area contributed by atoms with Crippen LogP contribution in [0, 0.1) is 17.8 Å². The highest BCUT2D eigenvalue weighted by Crippen LogP contribution is 2.42. The third kappa shape index (κ3) is 4.41. The molecule has 0 spiro atoms. The number of benzene rings is 1. The molecule has 0 bridgehead atoms. The molecule has 4 atom stereocenters. The Labute approximate surface area is 194 Å². The minimum absolute atomic E-state index is 0.121. The summed E-state index contributed by atoms with van der Waals surface area (Å²) in [7, 11) is 3.20. The van der Waals surface area contributed by atoms with Gasteiger partial charge in [-0.15, -0.1) is 0 Å². The zero-order valence-corrected chi connectivity index (χ0v) is 20.2. The predicted octanol–water partition coefficient (Wildman–Crippen LogP) is 3.98. The van der Waals surface area contributed by atoms with Crippen LogP contribution >= 0.6 is 0 Å². The molecule has 2 aromatic rings. The molecule has 1 fully saturated rings. The summed E-state index contributed by atoms with van der Waals surface area (Å²) in [6.45, 7) is 8.47. The van der Waals surface area contributed by atoms with E-state index < -0.39 is 6.04 Å². The molecule has 1 aromatic carbocycles. The molecule has 9 nitrogen and oxygen atoms in total. The second-order valence-corrected chi connectivity index (χ2v) is 9.39. The van der Waals surface area contributed by atoms with Crippen LogP contribution in [0.5, 0.6) is 11.5 Å². The lowest BCUT2D eigenvalue weighted by atomic mass is 9.75. The van der Waals surface area contributed by atoms with Crippen LogP contribution in [-0.2, 0) is 9.53 Å². The number of carbonyl (C=O) groups is 1. The van der Waals surface area contributed by atoms with Gasteiger partial charge in [-0.05, 0) is 66.1 Å². The second-order valence-electron chi connectivity index (χ2n) is 9.39. The fraction of sp³-hybridized carbons (Fsp3) is 0.583. The number of nitrogens with one attached hydrogen (secondary N) is 1. The van der Waals surface area contributed by atoms with E-state index in [1.807, 2.05) is 25.1 Å². The van der Waals surface area contributed by atoms with E-state index in [0.29, 0.717) is 46.5 Å².